The van der Waals surface area contributed by atoms with Crippen LogP contribution in [0, 0.1) is 0 Å². The van der Waals surface area contributed by atoms with Crippen molar-refractivity contribution >= 4 is 5.91 Å². The standard InChI is InChI=1S/C18H20F3N3O2/c1-17(26,18(19,20)21)16(25)23-9-7-13(8-10-23)15-11-22-12-24(15)14-5-3-2-4-6-14/h2-6,11-13,26H,7-10H2,1H3/t17-/m1/s1. The highest BCUT2D eigenvalue weighted by Gasteiger charge is 2.57. The summed E-state index contributed by atoms with van der Waals surface area (Å²) in [4.78, 5) is 17.4. The van der Waals surface area contributed by atoms with E-state index in [4.69, 9.17) is 0 Å². The zero-order chi connectivity index (χ0) is 18.9. The van der Waals surface area contributed by atoms with Gasteiger partial charge in [0.1, 0.15) is 0 Å². The summed E-state index contributed by atoms with van der Waals surface area (Å²) < 4.78 is 40.6. The van der Waals surface area contributed by atoms with Gasteiger partial charge in [-0.25, -0.2) is 4.98 Å². The molecule has 140 valence electrons. The lowest BCUT2D eigenvalue weighted by atomic mass is 9.92. The van der Waals surface area contributed by atoms with Crippen LogP contribution in [-0.2, 0) is 4.79 Å². The molecule has 8 heteroatoms. The third kappa shape index (κ3) is 3.33. The highest BCUT2D eigenvalue weighted by atomic mass is 19.4. The fourth-order valence-electron chi connectivity index (χ4n) is 3.22. The largest absolute Gasteiger partial charge is 0.426 e. The Morgan fingerprint density at radius 2 is 1.81 bits per heavy atom. The summed E-state index contributed by atoms with van der Waals surface area (Å²) in [5.74, 6) is -1.21. The smallest absolute Gasteiger partial charge is 0.373 e. The fraction of sp³-hybridized carbons (Fsp3) is 0.444. The van der Waals surface area contributed by atoms with Crippen LogP contribution < -0.4 is 0 Å². The van der Waals surface area contributed by atoms with E-state index in [-0.39, 0.29) is 19.0 Å². The molecule has 1 atom stereocenters. The summed E-state index contributed by atoms with van der Waals surface area (Å²) in [6, 6.07) is 9.64. The summed E-state index contributed by atoms with van der Waals surface area (Å²) >= 11 is 0. The van der Waals surface area contributed by atoms with Crippen LogP contribution in [0.3, 0.4) is 0 Å². The van der Waals surface area contributed by atoms with Crippen LogP contribution in [0.4, 0.5) is 13.2 Å². The highest BCUT2D eigenvalue weighted by Crippen LogP contribution is 2.34. The summed E-state index contributed by atoms with van der Waals surface area (Å²) in [7, 11) is 0. The van der Waals surface area contributed by atoms with Gasteiger partial charge in [0, 0.05) is 36.6 Å². The van der Waals surface area contributed by atoms with Crippen LogP contribution in [0.5, 0.6) is 0 Å². The number of hydrogen-bond donors (Lipinski definition) is 1. The molecule has 0 bridgehead atoms. The minimum Gasteiger partial charge on any atom is -0.373 e. The quantitative estimate of drug-likeness (QED) is 0.908. The Morgan fingerprint density at radius 1 is 1.19 bits per heavy atom. The molecule has 0 spiro atoms. The first-order valence-electron chi connectivity index (χ1n) is 8.38. The van der Waals surface area contributed by atoms with Gasteiger partial charge in [-0.3, -0.25) is 4.79 Å². The minimum atomic E-state index is -4.99. The maximum Gasteiger partial charge on any atom is 0.426 e. The van der Waals surface area contributed by atoms with Crippen molar-refractivity contribution in [3.63, 3.8) is 0 Å². The Balaban J connectivity index is 1.71. The zero-order valence-corrected chi connectivity index (χ0v) is 14.3. The van der Waals surface area contributed by atoms with E-state index in [0.29, 0.717) is 19.8 Å². The molecule has 1 aliphatic rings. The van der Waals surface area contributed by atoms with Crippen molar-refractivity contribution in [3.8, 4) is 5.69 Å². The van der Waals surface area contributed by atoms with Gasteiger partial charge in [-0.2, -0.15) is 13.2 Å². The van der Waals surface area contributed by atoms with Crippen LogP contribution in [-0.4, -0.2) is 50.3 Å². The number of piperidine rings is 1. The molecule has 1 saturated heterocycles. The average molecular weight is 367 g/mol. The summed E-state index contributed by atoms with van der Waals surface area (Å²) in [5, 5.41) is 9.58. The monoisotopic (exact) mass is 367 g/mol. The van der Waals surface area contributed by atoms with Crippen LogP contribution in [0.15, 0.2) is 42.9 Å². The molecule has 2 heterocycles. The van der Waals surface area contributed by atoms with E-state index in [2.05, 4.69) is 4.98 Å². The predicted molar refractivity (Wildman–Crippen MR) is 88.8 cm³/mol. The van der Waals surface area contributed by atoms with Crippen molar-refractivity contribution in [3.05, 3.63) is 48.5 Å². The predicted octanol–water partition coefficient (Wildman–Crippen LogP) is 2.89. The Morgan fingerprint density at radius 3 is 2.38 bits per heavy atom. The first kappa shape index (κ1) is 18.4. The minimum absolute atomic E-state index is 0.0811. The third-order valence-electron chi connectivity index (χ3n) is 4.87. The molecule has 1 N–H and O–H groups in total. The first-order valence-corrected chi connectivity index (χ1v) is 8.38. The number of rotatable bonds is 3. The molecule has 2 aromatic rings. The van der Waals surface area contributed by atoms with Gasteiger partial charge in [-0.1, -0.05) is 18.2 Å². The van der Waals surface area contributed by atoms with Crippen LogP contribution in [0.2, 0.25) is 0 Å². The molecule has 0 unspecified atom stereocenters. The lowest BCUT2D eigenvalue weighted by molar-refractivity contribution is -0.250. The SMILES string of the molecule is C[C@@](O)(C(=O)N1CCC(c2cncn2-c2ccccc2)CC1)C(F)(F)F. The summed E-state index contributed by atoms with van der Waals surface area (Å²) in [6.45, 7) is 0.831. The number of likely N-dealkylation sites (tertiary alicyclic amines) is 1. The molecule has 0 saturated carbocycles. The van der Waals surface area contributed by atoms with E-state index in [0.717, 1.165) is 16.3 Å². The van der Waals surface area contributed by atoms with Gasteiger partial charge in [0.2, 0.25) is 5.60 Å². The number of carbonyl (C=O) groups is 1. The number of benzene rings is 1. The molecule has 3 rings (SSSR count). The van der Waals surface area contributed by atoms with Crippen LogP contribution in [0.25, 0.3) is 5.69 Å². The Bertz CT molecular complexity index is 763. The van der Waals surface area contributed by atoms with Gasteiger partial charge in [0.25, 0.3) is 5.91 Å². The molecule has 0 aliphatic carbocycles. The molecule has 0 radical (unpaired) electrons. The van der Waals surface area contributed by atoms with Crippen molar-refractivity contribution in [1.82, 2.24) is 14.5 Å². The number of alkyl halides is 3. The Labute approximate surface area is 149 Å². The fourth-order valence-corrected chi connectivity index (χ4v) is 3.22. The number of halogens is 3. The van der Waals surface area contributed by atoms with E-state index in [1.165, 1.54) is 0 Å². The molecule has 1 aromatic carbocycles. The summed E-state index contributed by atoms with van der Waals surface area (Å²) in [6.07, 6.45) is -0.513. The number of nitrogens with zero attached hydrogens (tertiary/aromatic N) is 3. The van der Waals surface area contributed by atoms with Gasteiger partial charge in [0.15, 0.2) is 0 Å². The second-order valence-corrected chi connectivity index (χ2v) is 6.66. The van der Waals surface area contributed by atoms with Gasteiger partial charge in [-0.15, -0.1) is 0 Å². The molecule has 1 amide bonds. The highest BCUT2D eigenvalue weighted by molar-refractivity contribution is 5.85. The lowest BCUT2D eigenvalue weighted by Crippen LogP contribution is -2.57. The Kier molecular flexibility index (Phi) is 4.79. The molecule has 1 aromatic heterocycles. The van der Waals surface area contributed by atoms with E-state index in [1.807, 2.05) is 34.9 Å². The molecule has 5 nitrogen and oxygen atoms in total. The van der Waals surface area contributed by atoms with Crippen LogP contribution in [0.1, 0.15) is 31.4 Å². The van der Waals surface area contributed by atoms with Gasteiger partial charge < -0.3 is 14.6 Å². The number of para-hydroxylation sites is 1. The number of aliphatic hydroxyl groups is 1. The molecule has 26 heavy (non-hydrogen) atoms. The second-order valence-electron chi connectivity index (χ2n) is 6.66. The third-order valence-corrected chi connectivity index (χ3v) is 4.87. The molecular weight excluding hydrogens is 347 g/mol. The first-order chi connectivity index (χ1) is 12.2. The number of amides is 1. The number of carbonyl (C=O) groups excluding carboxylic acids is 1. The van der Waals surface area contributed by atoms with E-state index in [9.17, 15) is 23.1 Å². The topological polar surface area (TPSA) is 58.4 Å². The van der Waals surface area contributed by atoms with Crippen molar-refractivity contribution < 1.29 is 23.1 Å². The van der Waals surface area contributed by atoms with E-state index in [1.54, 1.807) is 12.5 Å². The maximum atomic E-state index is 12.9. The lowest BCUT2D eigenvalue weighted by Gasteiger charge is -2.36. The van der Waals surface area contributed by atoms with Crippen molar-refractivity contribution in [2.24, 2.45) is 0 Å². The second kappa shape index (κ2) is 6.75. The molecular formula is C18H20F3N3O2. The molecule has 1 fully saturated rings. The maximum absolute atomic E-state index is 12.9. The normalized spacial score (nSPS) is 18.6. The summed E-state index contributed by atoms with van der Waals surface area (Å²) in [5.41, 5.74) is -1.43. The van der Waals surface area contributed by atoms with E-state index >= 15 is 0 Å². The van der Waals surface area contributed by atoms with Crippen LogP contribution >= 0.6 is 0 Å². The van der Waals surface area contributed by atoms with Crippen molar-refractivity contribution in [2.75, 3.05) is 13.1 Å². The van der Waals surface area contributed by atoms with Crippen molar-refractivity contribution in [2.45, 2.75) is 37.5 Å². The number of imidazole rings is 1. The zero-order valence-electron chi connectivity index (χ0n) is 14.3. The van der Waals surface area contributed by atoms with Gasteiger partial charge >= 0.3 is 6.18 Å². The molecule has 1 aliphatic heterocycles. The number of aromatic nitrogens is 2. The van der Waals surface area contributed by atoms with Crippen molar-refractivity contribution in [1.29, 1.82) is 0 Å². The average Bonchev–Trinajstić information content (AvgIpc) is 3.10. The Hall–Kier alpha value is -2.35. The number of hydrogen-bond acceptors (Lipinski definition) is 3. The van der Waals surface area contributed by atoms with Gasteiger partial charge in [0.05, 0.1) is 6.33 Å². The van der Waals surface area contributed by atoms with Gasteiger partial charge in [-0.05, 0) is 31.9 Å². The van der Waals surface area contributed by atoms with E-state index < -0.39 is 17.7 Å².